The minimum atomic E-state index is -0.725. The summed E-state index contributed by atoms with van der Waals surface area (Å²) >= 11 is 0. The molecule has 5 heteroatoms. The highest BCUT2D eigenvalue weighted by molar-refractivity contribution is 5.69. The Morgan fingerprint density at radius 3 is 2.41 bits per heavy atom. The van der Waals surface area contributed by atoms with Crippen LogP contribution in [0, 0.1) is 6.92 Å². The predicted octanol–water partition coefficient (Wildman–Crippen LogP) is 5.63. The molecular weight excluding hydrogens is 362 g/mol. The Balaban J connectivity index is 1.76. The van der Waals surface area contributed by atoms with Gasteiger partial charge in [0.1, 0.15) is 11.6 Å². The second-order valence-corrected chi connectivity index (χ2v) is 7.17. The number of rotatable bonds is 10. The van der Waals surface area contributed by atoms with Crippen LogP contribution in [0.2, 0.25) is 0 Å². The molecule has 0 unspecified atom stereocenters. The summed E-state index contributed by atoms with van der Waals surface area (Å²) in [6, 6.07) is 18.5. The molecule has 2 heterocycles. The third-order valence-electron chi connectivity index (χ3n) is 4.82. The number of aryl methyl sites for hydroxylation is 1. The van der Waals surface area contributed by atoms with Gasteiger partial charge in [-0.15, -0.1) is 0 Å². The normalized spacial score (nSPS) is 10.7. The average molecular weight is 389 g/mol. The van der Waals surface area contributed by atoms with Crippen LogP contribution in [-0.2, 0) is 4.79 Å². The summed E-state index contributed by atoms with van der Waals surface area (Å²) in [7, 11) is 0. The van der Waals surface area contributed by atoms with Gasteiger partial charge < -0.3 is 10.0 Å². The summed E-state index contributed by atoms with van der Waals surface area (Å²) in [6.45, 7) is 2.88. The second kappa shape index (κ2) is 10.4. The number of benzene rings is 1. The molecule has 0 spiro atoms. The first kappa shape index (κ1) is 20.5. The lowest BCUT2D eigenvalue weighted by molar-refractivity contribution is -0.137. The molecule has 0 aliphatic carbocycles. The number of nitrogens with zero attached hydrogens (tertiary/aromatic N) is 3. The number of pyridine rings is 2. The largest absolute Gasteiger partial charge is 0.481 e. The van der Waals surface area contributed by atoms with E-state index in [9.17, 15) is 4.79 Å². The van der Waals surface area contributed by atoms with E-state index in [0.717, 1.165) is 49.4 Å². The number of hydrogen-bond donors (Lipinski definition) is 1. The fourth-order valence-electron chi connectivity index (χ4n) is 3.33. The Morgan fingerprint density at radius 2 is 1.66 bits per heavy atom. The van der Waals surface area contributed by atoms with Crippen molar-refractivity contribution in [3.05, 3.63) is 72.6 Å². The summed E-state index contributed by atoms with van der Waals surface area (Å²) < 4.78 is 0. The first-order valence-corrected chi connectivity index (χ1v) is 10.1. The van der Waals surface area contributed by atoms with E-state index in [1.54, 1.807) is 6.20 Å². The van der Waals surface area contributed by atoms with E-state index >= 15 is 0 Å². The van der Waals surface area contributed by atoms with Crippen LogP contribution in [0.1, 0.15) is 37.7 Å². The van der Waals surface area contributed by atoms with Crippen molar-refractivity contribution >= 4 is 17.6 Å². The van der Waals surface area contributed by atoms with Crippen molar-refractivity contribution in [1.82, 2.24) is 9.97 Å². The predicted molar refractivity (Wildman–Crippen MR) is 116 cm³/mol. The van der Waals surface area contributed by atoms with Crippen molar-refractivity contribution in [2.75, 3.05) is 11.4 Å². The Hall–Kier alpha value is -3.21. The number of carbonyl (C=O) groups is 1. The Morgan fingerprint density at radius 1 is 0.862 bits per heavy atom. The maximum absolute atomic E-state index is 10.7. The van der Waals surface area contributed by atoms with Gasteiger partial charge in [0.25, 0.3) is 0 Å². The molecule has 0 amide bonds. The van der Waals surface area contributed by atoms with Crippen LogP contribution in [0.3, 0.4) is 0 Å². The summed E-state index contributed by atoms with van der Waals surface area (Å²) in [4.78, 5) is 21.9. The fraction of sp³-hybridized carbons (Fsp3) is 0.292. The van der Waals surface area contributed by atoms with Gasteiger partial charge in [-0.05, 0) is 55.2 Å². The van der Waals surface area contributed by atoms with Gasteiger partial charge in [0.05, 0.1) is 0 Å². The maximum atomic E-state index is 10.7. The first-order chi connectivity index (χ1) is 14.1. The number of aromatic nitrogens is 2. The number of hydrogen-bond acceptors (Lipinski definition) is 4. The van der Waals surface area contributed by atoms with Crippen molar-refractivity contribution in [3.8, 4) is 11.1 Å². The van der Waals surface area contributed by atoms with Crippen LogP contribution in [0.25, 0.3) is 11.1 Å². The Labute approximate surface area is 172 Å². The third kappa shape index (κ3) is 6.14. The standard InChI is InChI=1S/C24H27N3O2/c1-19-9-8-10-20(17-19)21-13-15-26-23(18-21)27(22-11-5-6-14-25-22)16-7-3-2-4-12-24(28)29/h5-6,8-11,13-15,17-18H,2-4,7,12,16H2,1H3,(H,28,29). The fourth-order valence-corrected chi connectivity index (χ4v) is 3.33. The Bertz CT molecular complexity index is 928. The highest BCUT2D eigenvalue weighted by Gasteiger charge is 2.13. The summed E-state index contributed by atoms with van der Waals surface area (Å²) in [5.41, 5.74) is 3.52. The smallest absolute Gasteiger partial charge is 0.303 e. The van der Waals surface area contributed by atoms with Crippen LogP contribution in [-0.4, -0.2) is 27.6 Å². The van der Waals surface area contributed by atoms with Gasteiger partial charge in [0.2, 0.25) is 0 Å². The summed E-state index contributed by atoms with van der Waals surface area (Å²) in [6.07, 6.45) is 7.44. The lowest BCUT2D eigenvalue weighted by Gasteiger charge is -2.23. The van der Waals surface area contributed by atoms with Gasteiger partial charge in [-0.3, -0.25) is 4.79 Å². The highest BCUT2D eigenvalue weighted by Crippen LogP contribution is 2.27. The average Bonchev–Trinajstić information content (AvgIpc) is 2.74. The zero-order chi connectivity index (χ0) is 20.5. The summed E-state index contributed by atoms with van der Waals surface area (Å²) in [5, 5.41) is 8.77. The molecule has 3 rings (SSSR count). The quantitative estimate of drug-likeness (QED) is 0.456. The van der Waals surface area contributed by atoms with Crippen LogP contribution in [0.15, 0.2) is 67.0 Å². The molecule has 0 aliphatic heterocycles. The minimum Gasteiger partial charge on any atom is -0.481 e. The van der Waals surface area contributed by atoms with E-state index in [0.29, 0.717) is 0 Å². The summed E-state index contributed by atoms with van der Waals surface area (Å²) in [5.74, 6) is 1.01. The number of unbranched alkanes of at least 4 members (excludes halogenated alkanes) is 3. The first-order valence-electron chi connectivity index (χ1n) is 10.1. The zero-order valence-electron chi connectivity index (χ0n) is 16.8. The molecule has 3 aromatic rings. The lowest BCUT2D eigenvalue weighted by Crippen LogP contribution is -2.20. The molecule has 1 N–H and O–H groups in total. The highest BCUT2D eigenvalue weighted by atomic mass is 16.4. The molecule has 0 radical (unpaired) electrons. The molecule has 2 aromatic heterocycles. The lowest BCUT2D eigenvalue weighted by atomic mass is 10.0. The van der Waals surface area contributed by atoms with E-state index in [1.807, 2.05) is 30.5 Å². The van der Waals surface area contributed by atoms with Gasteiger partial charge in [-0.2, -0.15) is 0 Å². The van der Waals surface area contributed by atoms with Crippen LogP contribution < -0.4 is 4.90 Å². The van der Waals surface area contributed by atoms with E-state index in [2.05, 4.69) is 52.1 Å². The number of carboxylic acid groups (broad SMARTS) is 1. The number of anilines is 2. The molecule has 0 fully saturated rings. The molecule has 29 heavy (non-hydrogen) atoms. The topological polar surface area (TPSA) is 66.3 Å². The maximum Gasteiger partial charge on any atom is 0.303 e. The van der Waals surface area contributed by atoms with Gasteiger partial charge in [0, 0.05) is 25.4 Å². The van der Waals surface area contributed by atoms with E-state index in [-0.39, 0.29) is 6.42 Å². The van der Waals surface area contributed by atoms with Crippen molar-refractivity contribution in [3.63, 3.8) is 0 Å². The zero-order valence-corrected chi connectivity index (χ0v) is 16.8. The second-order valence-electron chi connectivity index (χ2n) is 7.17. The van der Waals surface area contributed by atoms with Crippen molar-refractivity contribution < 1.29 is 9.90 Å². The third-order valence-corrected chi connectivity index (χ3v) is 4.82. The number of aliphatic carboxylic acids is 1. The molecule has 1 aromatic carbocycles. The SMILES string of the molecule is Cc1cccc(-c2ccnc(N(CCCCCCC(=O)O)c3ccccn3)c2)c1. The molecule has 0 saturated carbocycles. The van der Waals surface area contributed by atoms with E-state index in [1.165, 1.54) is 11.1 Å². The van der Waals surface area contributed by atoms with Crippen LogP contribution in [0.5, 0.6) is 0 Å². The number of carboxylic acids is 1. The van der Waals surface area contributed by atoms with Crippen molar-refractivity contribution in [1.29, 1.82) is 0 Å². The monoisotopic (exact) mass is 389 g/mol. The molecule has 0 aliphatic rings. The van der Waals surface area contributed by atoms with Gasteiger partial charge >= 0.3 is 5.97 Å². The Kier molecular flexibility index (Phi) is 7.34. The van der Waals surface area contributed by atoms with Crippen molar-refractivity contribution in [2.24, 2.45) is 0 Å². The van der Waals surface area contributed by atoms with Gasteiger partial charge in [-0.25, -0.2) is 9.97 Å². The molecule has 150 valence electrons. The van der Waals surface area contributed by atoms with E-state index in [4.69, 9.17) is 5.11 Å². The molecule has 5 nitrogen and oxygen atoms in total. The van der Waals surface area contributed by atoms with Gasteiger partial charge in [-0.1, -0.05) is 48.7 Å². The van der Waals surface area contributed by atoms with Crippen LogP contribution >= 0.6 is 0 Å². The van der Waals surface area contributed by atoms with Crippen LogP contribution in [0.4, 0.5) is 11.6 Å². The van der Waals surface area contributed by atoms with E-state index < -0.39 is 5.97 Å². The molecular formula is C24H27N3O2. The minimum absolute atomic E-state index is 0.240. The molecule has 0 saturated heterocycles. The van der Waals surface area contributed by atoms with Crippen molar-refractivity contribution in [2.45, 2.75) is 39.0 Å². The molecule has 0 atom stereocenters. The molecule has 0 bridgehead atoms. The van der Waals surface area contributed by atoms with Gasteiger partial charge in [0.15, 0.2) is 0 Å².